The Hall–Kier alpha value is -1.86. The minimum atomic E-state index is -0.325. The molecule has 0 amide bonds. The first-order valence-electron chi connectivity index (χ1n) is 6.80. The van der Waals surface area contributed by atoms with Crippen LogP contribution in [0.25, 0.3) is 11.4 Å². The molecule has 0 fully saturated rings. The zero-order valence-corrected chi connectivity index (χ0v) is 14.6. The highest BCUT2D eigenvalue weighted by Gasteiger charge is 2.11. The molecule has 0 aliphatic rings. The Bertz CT molecular complexity index is 825. The summed E-state index contributed by atoms with van der Waals surface area (Å²) in [5, 5.41) is 7.47. The number of halogens is 2. The van der Waals surface area contributed by atoms with Gasteiger partial charge in [-0.25, -0.2) is 9.37 Å². The molecule has 0 saturated carbocycles. The smallest absolute Gasteiger partial charge is 0.209 e. The maximum atomic E-state index is 13.8. The highest BCUT2D eigenvalue weighted by atomic mass is 79.9. The fourth-order valence-electron chi connectivity index (χ4n) is 2.09. The van der Waals surface area contributed by atoms with E-state index in [9.17, 15) is 4.39 Å². The van der Waals surface area contributed by atoms with Crippen molar-refractivity contribution in [3.63, 3.8) is 0 Å². The van der Waals surface area contributed by atoms with Gasteiger partial charge in [0, 0.05) is 15.8 Å². The SMILES string of the molecule is COc1ccc(Br)cc1CSc1n[nH]c(-c2ccccc2F)n1. The highest BCUT2D eigenvalue weighted by molar-refractivity contribution is 9.10. The average Bonchev–Trinajstić information content (AvgIpc) is 3.02. The number of methoxy groups -OCH3 is 1. The molecule has 1 heterocycles. The summed E-state index contributed by atoms with van der Waals surface area (Å²) in [7, 11) is 1.64. The number of hydrogen-bond donors (Lipinski definition) is 1. The van der Waals surface area contributed by atoms with Crippen molar-refractivity contribution in [3.05, 3.63) is 58.3 Å². The van der Waals surface area contributed by atoms with Gasteiger partial charge in [0.2, 0.25) is 5.16 Å². The number of ether oxygens (including phenoxy) is 1. The van der Waals surface area contributed by atoms with E-state index in [1.165, 1.54) is 17.8 Å². The quantitative estimate of drug-likeness (QED) is 0.639. The Kier molecular flexibility index (Phi) is 4.97. The molecule has 0 spiro atoms. The Balaban J connectivity index is 1.76. The van der Waals surface area contributed by atoms with E-state index in [-0.39, 0.29) is 5.82 Å². The molecule has 0 radical (unpaired) electrons. The van der Waals surface area contributed by atoms with Crippen LogP contribution in [0.5, 0.6) is 5.75 Å². The van der Waals surface area contributed by atoms with Gasteiger partial charge in [-0.3, -0.25) is 5.10 Å². The molecule has 4 nitrogen and oxygen atoms in total. The van der Waals surface area contributed by atoms with Gasteiger partial charge in [-0.2, -0.15) is 0 Å². The molecule has 118 valence electrons. The van der Waals surface area contributed by atoms with E-state index in [0.29, 0.717) is 22.3 Å². The molecule has 0 atom stereocenters. The first kappa shape index (κ1) is 16.0. The zero-order chi connectivity index (χ0) is 16.2. The van der Waals surface area contributed by atoms with Crippen LogP contribution >= 0.6 is 27.7 Å². The highest BCUT2D eigenvalue weighted by Crippen LogP contribution is 2.29. The van der Waals surface area contributed by atoms with Crippen LogP contribution in [0.3, 0.4) is 0 Å². The van der Waals surface area contributed by atoms with Gasteiger partial charge in [-0.1, -0.05) is 39.8 Å². The van der Waals surface area contributed by atoms with Crippen LogP contribution in [0.15, 0.2) is 52.1 Å². The molecular weight excluding hydrogens is 381 g/mol. The largest absolute Gasteiger partial charge is 0.496 e. The maximum Gasteiger partial charge on any atom is 0.209 e. The minimum absolute atomic E-state index is 0.325. The van der Waals surface area contributed by atoms with Gasteiger partial charge < -0.3 is 4.74 Å². The summed E-state index contributed by atoms with van der Waals surface area (Å²) in [5.41, 5.74) is 1.44. The molecule has 2 aromatic carbocycles. The van der Waals surface area contributed by atoms with Crippen LogP contribution in [0.2, 0.25) is 0 Å². The van der Waals surface area contributed by atoms with Gasteiger partial charge in [0.05, 0.1) is 12.7 Å². The van der Waals surface area contributed by atoms with E-state index in [1.54, 1.807) is 25.3 Å². The second kappa shape index (κ2) is 7.14. The number of nitrogens with one attached hydrogen (secondary N) is 1. The number of aromatic nitrogens is 3. The van der Waals surface area contributed by atoms with Crippen molar-refractivity contribution in [3.8, 4) is 17.1 Å². The lowest BCUT2D eigenvalue weighted by Gasteiger charge is -2.07. The molecule has 1 N–H and O–H groups in total. The summed E-state index contributed by atoms with van der Waals surface area (Å²) in [5.74, 6) is 1.56. The number of rotatable bonds is 5. The topological polar surface area (TPSA) is 50.8 Å². The van der Waals surface area contributed by atoms with E-state index in [4.69, 9.17) is 4.74 Å². The summed E-state index contributed by atoms with van der Waals surface area (Å²) < 4.78 is 20.1. The predicted octanol–water partition coefficient (Wildman–Crippen LogP) is 4.67. The van der Waals surface area contributed by atoms with Crippen molar-refractivity contribution in [2.24, 2.45) is 0 Å². The molecule has 1 aromatic heterocycles. The predicted molar refractivity (Wildman–Crippen MR) is 92.0 cm³/mol. The van der Waals surface area contributed by atoms with Crippen molar-refractivity contribution in [1.29, 1.82) is 0 Å². The number of aromatic amines is 1. The second-order valence-corrected chi connectivity index (χ2v) is 6.55. The molecule has 0 bridgehead atoms. The van der Waals surface area contributed by atoms with Crippen LogP contribution < -0.4 is 4.74 Å². The van der Waals surface area contributed by atoms with E-state index in [0.717, 1.165) is 15.8 Å². The molecule has 0 aliphatic carbocycles. The van der Waals surface area contributed by atoms with Crippen LogP contribution in [-0.2, 0) is 5.75 Å². The third kappa shape index (κ3) is 3.73. The molecular formula is C16H13BrFN3OS. The number of nitrogens with zero attached hydrogens (tertiary/aromatic N) is 2. The lowest BCUT2D eigenvalue weighted by molar-refractivity contribution is 0.411. The summed E-state index contributed by atoms with van der Waals surface area (Å²) in [4.78, 5) is 4.34. The number of thioether (sulfide) groups is 1. The zero-order valence-electron chi connectivity index (χ0n) is 12.2. The van der Waals surface area contributed by atoms with Gasteiger partial charge in [0.25, 0.3) is 0 Å². The fourth-order valence-corrected chi connectivity index (χ4v) is 3.27. The summed E-state index contributed by atoms with van der Waals surface area (Å²) in [6.45, 7) is 0. The lowest BCUT2D eigenvalue weighted by atomic mass is 10.2. The lowest BCUT2D eigenvalue weighted by Crippen LogP contribution is -1.90. The van der Waals surface area contributed by atoms with Crippen molar-refractivity contribution in [2.75, 3.05) is 7.11 Å². The van der Waals surface area contributed by atoms with Gasteiger partial charge in [0.15, 0.2) is 5.82 Å². The molecule has 23 heavy (non-hydrogen) atoms. The molecule has 0 saturated heterocycles. The molecule has 3 rings (SSSR count). The minimum Gasteiger partial charge on any atom is -0.496 e. The average molecular weight is 394 g/mol. The first-order chi connectivity index (χ1) is 11.2. The van der Waals surface area contributed by atoms with Crippen molar-refractivity contribution in [1.82, 2.24) is 15.2 Å². The number of H-pyrrole nitrogens is 1. The summed E-state index contributed by atoms with van der Waals surface area (Å²) in [6.07, 6.45) is 0. The van der Waals surface area contributed by atoms with Crippen molar-refractivity contribution >= 4 is 27.7 Å². The van der Waals surface area contributed by atoms with E-state index in [1.807, 2.05) is 18.2 Å². The van der Waals surface area contributed by atoms with Crippen LogP contribution in [0.1, 0.15) is 5.56 Å². The third-order valence-corrected chi connectivity index (χ3v) is 4.58. The number of benzene rings is 2. The Morgan fingerprint density at radius 1 is 1.26 bits per heavy atom. The van der Waals surface area contributed by atoms with Gasteiger partial charge in [-0.05, 0) is 30.3 Å². The van der Waals surface area contributed by atoms with E-state index >= 15 is 0 Å². The Labute approximate surface area is 145 Å². The fraction of sp³-hybridized carbons (Fsp3) is 0.125. The summed E-state index contributed by atoms with van der Waals surface area (Å²) in [6, 6.07) is 12.3. The normalized spacial score (nSPS) is 10.7. The van der Waals surface area contributed by atoms with Crippen molar-refractivity contribution in [2.45, 2.75) is 10.9 Å². The molecule has 7 heteroatoms. The van der Waals surface area contributed by atoms with E-state index in [2.05, 4.69) is 31.1 Å². The Morgan fingerprint density at radius 2 is 2.09 bits per heavy atom. The maximum absolute atomic E-state index is 13.8. The molecule has 0 aliphatic heterocycles. The summed E-state index contributed by atoms with van der Waals surface area (Å²) >= 11 is 4.91. The second-order valence-electron chi connectivity index (χ2n) is 4.69. The van der Waals surface area contributed by atoms with Crippen molar-refractivity contribution < 1.29 is 9.13 Å². The third-order valence-electron chi connectivity index (χ3n) is 3.19. The van der Waals surface area contributed by atoms with Gasteiger partial charge in [0.1, 0.15) is 11.6 Å². The number of hydrogen-bond acceptors (Lipinski definition) is 4. The van der Waals surface area contributed by atoms with E-state index < -0.39 is 0 Å². The molecule has 0 unspecified atom stereocenters. The monoisotopic (exact) mass is 393 g/mol. The standard InChI is InChI=1S/C16H13BrFN3OS/c1-22-14-7-6-11(17)8-10(14)9-23-16-19-15(20-21-16)12-4-2-3-5-13(12)18/h2-8H,9H2,1H3,(H,19,20,21). The van der Waals surface area contributed by atoms with Crippen LogP contribution in [0, 0.1) is 5.82 Å². The molecule has 3 aromatic rings. The van der Waals surface area contributed by atoms with Crippen LogP contribution in [-0.4, -0.2) is 22.3 Å². The Morgan fingerprint density at radius 3 is 2.87 bits per heavy atom. The van der Waals surface area contributed by atoms with Gasteiger partial charge in [-0.15, -0.1) is 5.10 Å². The van der Waals surface area contributed by atoms with Gasteiger partial charge >= 0.3 is 0 Å². The van der Waals surface area contributed by atoms with Crippen LogP contribution in [0.4, 0.5) is 4.39 Å². The first-order valence-corrected chi connectivity index (χ1v) is 8.58.